The SMILES string of the molecule is CC[C@H](C(=O)CC(C(=O)N(C)[C@@H]([C@@H](C)CC)[C@@H](CC(=O)N1CCC[C@H]1[C@H](OC)[C@@H](C)C(=O)C[C@@H](Cc1ccccc1)C(=O)OC)OC)C(C)C)C(C)C. The zero-order valence-electron chi connectivity index (χ0n) is 34.8. The Morgan fingerprint density at radius 3 is 1.94 bits per heavy atom. The van der Waals surface area contributed by atoms with Crippen LogP contribution in [-0.4, -0.2) is 98.4 Å². The normalized spacial score (nSPS) is 19.2. The van der Waals surface area contributed by atoms with Gasteiger partial charge in [-0.3, -0.25) is 24.0 Å². The number of nitrogens with zero attached hydrogens (tertiary/aromatic N) is 2. The molecular weight excluding hydrogens is 672 g/mol. The zero-order valence-corrected chi connectivity index (χ0v) is 34.8. The lowest BCUT2D eigenvalue weighted by Crippen LogP contribution is -2.54. The third-order valence-electron chi connectivity index (χ3n) is 11.9. The molecule has 2 amide bonds. The Morgan fingerprint density at radius 1 is 0.811 bits per heavy atom. The molecule has 0 aromatic heterocycles. The molecule has 0 aliphatic carbocycles. The lowest BCUT2D eigenvalue weighted by atomic mass is 9.80. The fourth-order valence-corrected chi connectivity index (χ4v) is 8.38. The maximum atomic E-state index is 14.2. The van der Waals surface area contributed by atoms with Crippen LogP contribution in [-0.2, 0) is 44.6 Å². The highest BCUT2D eigenvalue weighted by Gasteiger charge is 2.43. The molecule has 1 fully saturated rings. The highest BCUT2D eigenvalue weighted by molar-refractivity contribution is 5.89. The van der Waals surface area contributed by atoms with Crippen molar-refractivity contribution < 1.29 is 38.2 Å². The van der Waals surface area contributed by atoms with Crippen molar-refractivity contribution in [2.24, 2.45) is 41.4 Å². The van der Waals surface area contributed by atoms with Crippen LogP contribution in [0.5, 0.6) is 0 Å². The number of likely N-dealkylation sites (tertiary alicyclic amines) is 1. The van der Waals surface area contributed by atoms with Gasteiger partial charge in [0.2, 0.25) is 11.8 Å². The molecule has 9 atom stereocenters. The quantitative estimate of drug-likeness (QED) is 0.112. The summed E-state index contributed by atoms with van der Waals surface area (Å²) in [5, 5.41) is 0. The second-order valence-corrected chi connectivity index (χ2v) is 15.9. The zero-order chi connectivity index (χ0) is 40.0. The lowest BCUT2D eigenvalue weighted by Gasteiger charge is -2.41. The number of carbonyl (C=O) groups is 5. The number of ketones is 2. The van der Waals surface area contributed by atoms with Crippen molar-refractivity contribution in [2.45, 2.75) is 131 Å². The van der Waals surface area contributed by atoms with Gasteiger partial charge in [-0.05, 0) is 49.0 Å². The monoisotopic (exact) mass is 743 g/mol. The first-order valence-electron chi connectivity index (χ1n) is 19.9. The van der Waals surface area contributed by atoms with Gasteiger partial charge in [0.1, 0.15) is 11.6 Å². The van der Waals surface area contributed by atoms with E-state index >= 15 is 0 Å². The third-order valence-corrected chi connectivity index (χ3v) is 11.9. The summed E-state index contributed by atoms with van der Waals surface area (Å²) in [5.41, 5.74) is 0.944. The van der Waals surface area contributed by atoms with Crippen molar-refractivity contribution in [3.8, 4) is 0 Å². The molecule has 10 nitrogen and oxygen atoms in total. The summed E-state index contributed by atoms with van der Waals surface area (Å²) in [6.07, 6.45) is 2.43. The van der Waals surface area contributed by atoms with Crippen LogP contribution in [0.1, 0.15) is 106 Å². The minimum absolute atomic E-state index is 0.00545. The number of benzene rings is 1. The van der Waals surface area contributed by atoms with Gasteiger partial charge in [-0.1, -0.05) is 92.1 Å². The van der Waals surface area contributed by atoms with Gasteiger partial charge >= 0.3 is 5.97 Å². The molecule has 0 bridgehead atoms. The average Bonchev–Trinajstić information content (AvgIpc) is 3.62. The molecule has 1 aliphatic rings. The predicted molar refractivity (Wildman–Crippen MR) is 208 cm³/mol. The van der Waals surface area contributed by atoms with Gasteiger partial charge in [-0.2, -0.15) is 0 Å². The minimum Gasteiger partial charge on any atom is -0.469 e. The molecular formula is C43H70N2O8. The summed E-state index contributed by atoms with van der Waals surface area (Å²) in [7, 11) is 6.26. The number of likely N-dealkylation sites (N-methyl/N-ethyl adjacent to an activating group) is 1. The number of hydrogen-bond donors (Lipinski definition) is 0. The maximum Gasteiger partial charge on any atom is 0.309 e. The summed E-state index contributed by atoms with van der Waals surface area (Å²) in [6, 6.07) is 8.82. The first-order chi connectivity index (χ1) is 25.1. The number of rotatable bonds is 23. The van der Waals surface area contributed by atoms with Crippen molar-refractivity contribution in [3.05, 3.63) is 35.9 Å². The molecule has 1 aromatic rings. The van der Waals surface area contributed by atoms with Crippen LogP contribution < -0.4 is 0 Å². The Hall–Kier alpha value is -3.11. The van der Waals surface area contributed by atoms with E-state index in [-0.39, 0.29) is 72.4 Å². The van der Waals surface area contributed by atoms with E-state index in [1.54, 1.807) is 26.2 Å². The molecule has 10 heteroatoms. The Bertz CT molecular complexity index is 1320. The van der Waals surface area contributed by atoms with E-state index in [1.807, 2.05) is 62.9 Å². The van der Waals surface area contributed by atoms with Gasteiger partial charge in [-0.15, -0.1) is 0 Å². The van der Waals surface area contributed by atoms with E-state index in [4.69, 9.17) is 14.2 Å². The molecule has 0 N–H and O–H groups in total. The van der Waals surface area contributed by atoms with Gasteiger partial charge in [0.25, 0.3) is 0 Å². The molecule has 0 spiro atoms. The molecule has 1 aliphatic heterocycles. The topological polar surface area (TPSA) is 120 Å². The molecule has 2 rings (SSSR count). The number of amides is 2. The summed E-state index contributed by atoms with van der Waals surface area (Å²) >= 11 is 0. The van der Waals surface area contributed by atoms with E-state index in [9.17, 15) is 24.0 Å². The van der Waals surface area contributed by atoms with Crippen molar-refractivity contribution in [1.29, 1.82) is 0 Å². The number of ether oxygens (including phenoxy) is 3. The third kappa shape index (κ3) is 12.5. The van der Waals surface area contributed by atoms with Crippen molar-refractivity contribution in [3.63, 3.8) is 0 Å². The molecule has 0 saturated carbocycles. The number of methoxy groups -OCH3 is 3. The van der Waals surface area contributed by atoms with Crippen molar-refractivity contribution in [2.75, 3.05) is 34.9 Å². The van der Waals surface area contributed by atoms with Crippen molar-refractivity contribution in [1.82, 2.24) is 9.80 Å². The molecule has 300 valence electrons. The van der Waals surface area contributed by atoms with Crippen LogP contribution in [0.2, 0.25) is 0 Å². The van der Waals surface area contributed by atoms with Gasteiger partial charge in [0.15, 0.2) is 0 Å². The highest BCUT2D eigenvalue weighted by atomic mass is 16.5. The number of carbonyl (C=O) groups excluding carboxylic acids is 5. The van der Waals surface area contributed by atoms with E-state index < -0.39 is 42.0 Å². The van der Waals surface area contributed by atoms with Gasteiger partial charge < -0.3 is 24.0 Å². The standard InChI is InChI=1S/C43H70N2O8/c1-13-29(7)40(44(9)42(49)34(28(5)6)25-37(47)33(14-2)27(3)4)38(51-10)26-39(48)45-22-18-21-35(45)41(52-11)30(8)36(46)24-32(43(50)53-12)23-31-19-16-15-17-20-31/h15-17,19-20,27-30,32-35,38,40-41H,13-14,18,21-26H2,1-12H3/t29-,30-,32+,33-,34?,35-,38+,40-,41+/m0/s1. The van der Waals surface area contributed by atoms with Crippen LogP contribution in [0.25, 0.3) is 0 Å². The summed E-state index contributed by atoms with van der Waals surface area (Å²) < 4.78 is 17.1. The Balaban J connectivity index is 2.27. The molecule has 53 heavy (non-hydrogen) atoms. The van der Waals surface area contributed by atoms with E-state index in [2.05, 4.69) is 27.7 Å². The Morgan fingerprint density at radius 2 is 1.43 bits per heavy atom. The summed E-state index contributed by atoms with van der Waals surface area (Å²) in [4.78, 5) is 71.8. The summed E-state index contributed by atoms with van der Waals surface area (Å²) in [5.74, 6) is -2.24. The Kier molecular flexibility index (Phi) is 19.4. The largest absolute Gasteiger partial charge is 0.469 e. The molecule has 1 aromatic carbocycles. The van der Waals surface area contributed by atoms with Crippen LogP contribution in [0, 0.1) is 41.4 Å². The average molecular weight is 743 g/mol. The summed E-state index contributed by atoms with van der Waals surface area (Å²) in [6.45, 7) is 16.6. The molecule has 1 unspecified atom stereocenters. The van der Waals surface area contributed by atoms with Crippen LogP contribution >= 0.6 is 0 Å². The first kappa shape index (κ1) is 46.0. The van der Waals surface area contributed by atoms with Gasteiger partial charge in [-0.25, -0.2) is 0 Å². The number of hydrogen-bond acceptors (Lipinski definition) is 8. The minimum atomic E-state index is -0.632. The van der Waals surface area contributed by atoms with Crippen LogP contribution in [0.15, 0.2) is 30.3 Å². The second kappa shape index (κ2) is 22.3. The van der Waals surface area contributed by atoms with Crippen LogP contribution in [0.3, 0.4) is 0 Å². The van der Waals surface area contributed by atoms with Gasteiger partial charge in [0, 0.05) is 58.4 Å². The van der Waals surface area contributed by atoms with E-state index in [0.717, 1.165) is 24.8 Å². The fourth-order valence-electron chi connectivity index (χ4n) is 8.38. The highest BCUT2D eigenvalue weighted by Crippen LogP contribution is 2.32. The first-order valence-corrected chi connectivity index (χ1v) is 19.9. The predicted octanol–water partition coefficient (Wildman–Crippen LogP) is 6.81. The molecule has 0 radical (unpaired) electrons. The second-order valence-electron chi connectivity index (χ2n) is 15.9. The number of esters is 1. The van der Waals surface area contributed by atoms with E-state index in [0.29, 0.717) is 19.4 Å². The molecule has 1 saturated heterocycles. The fraction of sp³-hybridized carbons (Fsp3) is 0.744. The van der Waals surface area contributed by atoms with Crippen LogP contribution in [0.4, 0.5) is 0 Å². The number of Topliss-reactive ketones (excluding diaryl/α,β-unsaturated/α-hetero) is 2. The Labute approximate surface area is 320 Å². The van der Waals surface area contributed by atoms with Crippen molar-refractivity contribution >= 4 is 29.4 Å². The maximum absolute atomic E-state index is 14.2. The lowest BCUT2D eigenvalue weighted by molar-refractivity contribution is -0.150. The van der Waals surface area contributed by atoms with Gasteiger partial charge in [0.05, 0.1) is 43.7 Å². The van der Waals surface area contributed by atoms with E-state index in [1.165, 1.54) is 7.11 Å². The smallest absolute Gasteiger partial charge is 0.309 e. The molecule has 1 heterocycles.